The third-order valence-corrected chi connectivity index (χ3v) is 6.30. The molecule has 2 aromatic carbocycles. The van der Waals surface area contributed by atoms with E-state index in [-0.39, 0.29) is 0 Å². The lowest BCUT2D eigenvalue weighted by Gasteiger charge is -2.26. The van der Waals surface area contributed by atoms with E-state index in [0.717, 1.165) is 13.0 Å². The van der Waals surface area contributed by atoms with Gasteiger partial charge in [0, 0.05) is 24.0 Å². The molecule has 0 unspecified atom stereocenters. The molecule has 0 saturated heterocycles. The van der Waals surface area contributed by atoms with Crippen LogP contribution in [0.1, 0.15) is 77.1 Å². The van der Waals surface area contributed by atoms with Crippen molar-refractivity contribution in [2.45, 2.75) is 79.1 Å². The summed E-state index contributed by atoms with van der Waals surface area (Å²) in [5.74, 6) is 1.70. The van der Waals surface area contributed by atoms with E-state index in [1.54, 1.807) is 0 Å². The van der Waals surface area contributed by atoms with Gasteiger partial charge in [0.15, 0.2) is 0 Å². The summed E-state index contributed by atoms with van der Waals surface area (Å²) in [6, 6.07) is 18.0. The van der Waals surface area contributed by atoms with E-state index < -0.39 is 0 Å². The van der Waals surface area contributed by atoms with Crippen LogP contribution in [-0.4, -0.2) is 16.3 Å². The highest BCUT2D eigenvalue weighted by Crippen LogP contribution is 2.20. The van der Waals surface area contributed by atoms with Crippen LogP contribution in [0.2, 0.25) is 5.82 Å². The van der Waals surface area contributed by atoms with Crippen LogP contribution in [0.25, 0.3) is 0 Å². The highest BCUT2D eigenvalue weighted by Gasteiger charge is 2.28. The molecule has 1 aromatic heterocycles. The van der Waals surface area contributed by atoms with Crippen molar-refractivity contribution >= 4 is 29.2 Å². The maximum atomic E-state index is 5.40. The first-order chi connectivity index (χ1) is 15.8. The van der Waals surface area contributed by atoms with Crippen LogP contribution in [0.3, 0.4) is 0 Å². The minimum absolute atomic E-state index is 0.470. The van der Waals surface area contributed by atoms with Gasteiger partial charge in [0.05, 0.1) is 6.33 Å². The van der Waals surface area contributed by atoms with Crippen LogP contribution < -0.4 is 10.9 Å². The summed E-state index contributed by atoms with van der Waals surface area (Å²) >= 11 is 5.40. The number of aromatic nitrogens is 2. The molecule has 33 heavy (non-hydrogen) atoms. The van der Waals surface area contributed by atoms with Crippen molar-refractivity contribution in [2.24, 2.45) is 0 Å². The lowest BCUT2D eigenvalue weighted by Crippen LogP contribution is -2.48. The van der Waals surface area contributed by atoms with E-state index in [2.05, 4.69) is 107 Å². The molecular formula is C29H40BClN2. The van der Waals surface area contributed by atoms with E-state index in [1.807, 2.05) is 18.6 Å². The number of aryl methyl sites for hydroxylation is 1. The average Bonchev–Trinajstić information content (AvgIpc) is 3.26. The zero-order chi connectivity index (χ0) is 24.4. The molecule has 4 heteroatoms. The van der Waals surface area contributed by atoms with Gasteiger partial charge in [0.2, 0.25) is 6.71 Å². The molecular weight excluding hydrogens is 423 g/mol. The van der Waals surface area contributed by atoms with Gasteiger partial charge < -0.3 is 4.57 Å². The molecule has 0 atom stereocenters. The van der Waals surface area contributed by atoms with Crippen LogP contribution >= 0.6 is 11.6 Å². The Kier molecular flexibility index (Phi) is 11.0. The Balaban J connectivity index is 0.000000294. The van der Waals surface area contributed by atoms with Gasteiger partial charge in [-0.25, -0.2) is 4.98 Å². The summed E-state index contributed by atoms with van der Waals surface area (Å²) in [6.45, 7) is 17.3. The van der Waals surface area contributed by atoms with E-state index in [0.29, 0.717) is 24.4 Å². The number of allylic oxidation sites excluding steroid dienone is 1. The lowest BCUT2D eigenvalue weighted by molar-refractivity contribution is 0.764. The number of imidazole rings is 1. The number of halogens is 1. The number of nitrogens with zero attached hydrogens (tertiary/aromatic N) is 2. The third kappa shape index (κ3) is 7.37. The molecule has 0 N–H and O–H groups in total. The maximum Gasteiger partial charge on any atom is 0.212 e. The van der Waals surface area contributed by atoms with Crippen molar-refractivity contribution in [1.82, 2.24) is 9.55 Å². The third-order valence-electron chi connectivity index (χ3n) is 6.12. The van der Waals surface area contributed by atoms with Crippen LogP contribution in [0.4, 0.5) is 0 Å². The van der Waals surface area contributed by atoms with Gasteiger partial charge in [0.1, 0.15) is 0 Å². The van der Waals surface area contributed by atoms with Crippen molar-refractivity contribution in [1.29, 1.82) is 0 Å². The first kappa shape index (κ1) is 27.0. The van der Waals surface area contributed by atoms with Gasteiger partial charge in [-0.2, -0.15) is 0 Å². The second-order valence-corrected chi connectivity index (χ2v) is 9.79. The SMILES string of the molecule is CC(C)B(c1ccccc1C(C)C)c1ccccc1C(C)C.CCc1cncn1CC=CCl. The molecule has 2 nitrogen and oxygen atoms in total. The van der Waals surface area contributed by atoms with Crippen molar-refractivity contribution in [2.75, 3.05) is 0 Å². The van der Waals surface area contributed by atoms with Crippen LogP contribution in [0.15, 0.2) is 72.7 Å². The summed E-state index contributed by atoms with van der Waals surface area (Å²) in [5, 5.41) is 0. The fourth-order valence-corrected chi connectivity index (χ4v) is 4.57. The normalized spacial score (nSPS) is 11.4. The number of hydrogen-bond donors (Lipinski definition) is 0. The van der Waals surface area contributed by atoms with E-state index >= 15 is 0 Å². The summed E-state index contributed by atoms with van der Waals surface area (Å²) in [5.41, 5.74) is 8.74. The maximum absolute atomic E-state index is 5.40. The van der Waals surface area contributed by atoms with Crippen molar-refractivity contribution < 1.29 is 0 Å². The Hall–Kier alpha value is -2.26. The summed E-state index contributed by atoms with van der Waals surface area (Å²) < 4.78 is 2.07. The van der Waals surface area contributed by atoms with Crippen LogP contribution in [-0.2, 0) is 13.0 Å². The fraction of sp³-hybridized carbons (Fsp3) is 0.414. The standard InChI is InChI=1S/C21H29B.C8H11ClN2/c1-15(2)18-11-7-9-13-20(18)22(17(5)6)21-14-10-8-12-19(21)16(3)4;1-2-8-6-10-7-11(8)5-3-4-9/h7-17H,1-6H3;3-4,6-7H,2,5H2,1H3. The predicted molar refractivity (Wildman–Crippen MR) is 148 cm³/mol. The lowest BCUT2D eigenvalue weighted by atomic mass is 9.32. The molecule has 176 valence electrons. The highest BCUT2D eigenvalue weighted by molar-refractivity contribution is 6.86. The van der Waals surface area contributed by atoms with Crippen molar-refractivity contribution in [3.63, 3.8) is 0 Å². The Morgan fingerprint density at radius 1 is 0.879 bits per heavy atom. The highest BCUT2D eigenvalue weighted by atomic mass is 35.5. The van der Waals surface area contributed by atoms with Gasteiger partial charge in [-0.1, -0.05) is 143 Å². The molecule has 1 heterocycles. The quantitative estimate of drug-likeness (QED) is 0.325. The molecule has 0 radical (unpaired) electrons. The first-order valence-corrected chi connectivity index (χ1v) is 12.7. The molecule has 0 bridgehead atoms. The molecule has 0 aliphatic rings. The minimum Gasteiger partial charge on any atom is -0.331 e. The van der Waals surface area contributed by atoms with Gasteiger partial charge in [-0.15, -0.1) is 0 Å². The molecule has 0 aliphatic carbocycles. The zero-order valence-corrected chi connectivity index (χ0v) is 22.2. The molecule has 0 spiro atoms. The molecule has 0 amide bonds. The number of benzene rings is 2. The van der Waals surface area contributed by atoms with Crippen molar-refractivity contribution in [3.8, 4) is 0 Å². The van der Waals surface area contributed by atoms with Crippen LogP contribution in [0, 0.1) is 0 Å². The molecule has 3 rings (SSSR count). The predicted octanol–water partition coefficient (Wildman–Crippen LogP) is 7.15. The van der Waals surface area contributed by atoms with E-state index in [9.17, 15) is 0 Å². The Bertz CT molecular complexity index is 953. The van der Waals surface area contributed by atoms with Gasteiger partial charge in [0.25, 0.3) is 0 Å². The molecule has 0 saturated carbocycles. The Labute approximate surface area is 207 Å². The second kappa shape index (κ2) is 13.5. The summed E-state index contributed by atoms with van der Waals surface area (Å²) in [6.07, 6.45) is 6.59. The minimum atomic E-state index is 0.470. The topological polar surface area (TPSA) is 17.8 Å². The summed E-state index contributed by atoms with van der Waals surface area (Å²) in [4.78, 5) is 4.03. The molecule has 0 fully saturated rings. The van der Waals surface area contributed by atoms with Gasteiger partial charge >= 0.3 is 0 Å². The van der Waals surface area contributed by atoms with E-state index in [4.69, 9.17) is 11.6 Å². The Morgan fingerprint density at radius 2 is 1.39 bits per heavy atom. The number of hydrogen-bond acceptors (Lipinski definition) is 1. The smallest absolute Gasteiger partial charge is 0.212 e. The van der Waals surface area contributed by atoms with Gasteiger partial charge in [-0.3, -0.25) is 0 Å². The second-order valence-electron chi connectivity index (χ2n) is 9.54. The fourth-order valence-electron chi connectivity index (χ4n) is 4.49. The van der Waals surface area contributed by atoms with Gasteiger partial charge in [-0.05, 0) is 18.3 Å². The van der Waals surface area contributed by atoms with E-state index in [1.165, 1.54) is 33.3 Å². The number of rotatable bonds is 8. The molecule has 3 aromatic rings. The average molecular weight is 463 g/mol. The van der Waals surface area contributed by atoms with Crippen LogP contribution in [0.5, 0.6) is 0 Å². The largest absolute Gasteiger partial charge is 0.331 e. The monoisotopic (exact) mass is 462 g/mol. The summed E-state index contributed by atoms with van der Waals surface area (Å²) in [7, 11) is 0. The Morgan fingerprint density at radius 3 is 1.82 bits per heavy atom. The zero-order valence-electron chi connectivity index (χ0n) is 21.4. The molecule has 0 aliphatic heterocycles. The van der Waals surface area contributed by atoms with Crippen molar-refractivity contribution in [3.05, 3.63) is 89.5 Å². The first-order valence-electron chi connectivity index (χ1n) is 12.2.